The number of hydrogen-bond donors (Lipinski definition) is 3. The van der Waals surface area contributed by atoms with Crippen molar-refractivity contribution in [1.82, 2.24) is 10.6 Å². The van der Waals surface area contributed by atoms with Crippen LogP contribution in [-0.2, 0) is 4.79 Å². The SMILES string of the molecule is CC(C)CNC(=O)NC(=O)CNc1cccc(Br)c1. The molecular formula is C13H18BrN3O2. The highest BCUT2D eigenvalue weighted by Crippen LogP contribution is 2.14. The fraction of sp³-hybridized carbons (Fsp3) is 0.385. The summed E-state index contributed by atoms with van der Waals surface area (Å²) >= 11 is 3.34. The van der Waals surface area contributed by atoms with E-state index in [0.717, 1.165) is 10.2 Å². The van der Waals surface area contributed by atoms with Gasteiger partial charge < -0.3 is 10.6 Å². The van der Waals surface area contributed by atoms with Crippen LogP contribution in [0.4, 0.5) is 10.5 Å². The number of nitrogens with one attached hydrogen (secondary N) is 3. The lowest BCUT2D eigenvalue weighted by molar-refractivity contribution is -0.118. The van der Waals surface area contributed by atoms with Gasteiger partial charge in [0.25, 0.3) is 0 Å². The maximum absolute atomic E-state index is 11.5. The van der Waals surface area contributed by atoms with E-state index in [1.165, 1.54) is 0 Å². The van der Waals surface area contributed by atoms with Crippen molar-refractivity contribution in [3.63, 3.8) is 0 Å². The monoisotopic (exact) mass is 327 g/mol. The molecule has 1 rings (SSSR count). The number of rotatable bonds is 5. The molecule has 0 radical (unpaired) electrons. The molecule has 1 aromatic rings. The van der Waals surface area contributed by atoms with E-state index in [0.29, 0.717) is 12.5 Å². The summed E-state index contributed by atoms with van der Waals surface area (Å²) in [5, 5.41) is 7.80. The van der Waals surface area contributed by atoms with Gasteiger partial charge in [-0.05, 0) is 24.1 Å². The van der Waals surface area contributed by atoms with Crippen LogP contribution in [0.15, 0.2) is 28.7 Å². The van der Waals surface area contributed by atoms with Gasteiger partial charge >= 0.3 is 6.03 Å². The minimum Gasteiger partial charge on any atom is -0.376 e. The van der Waals surface area contributed by atoms with E-state index < -0.39 is 6.03 Å². The Balaban J connectivity index is 2.30. The van der Waals surface area contributed by atoms with Gasteiger partial charge in [0.1, 0.15) is 0 Å². The van der Waals surface area contributed by atoms with Gasteiger partial charge in [0, 0.05) is 16.7 Å². The van der Waals surface area contributed by atoms with E-state index in [1.807, 2.05) is 38.1 Å². The molecule has 0 saturated heterocycles. The largest absolute Gasteiger partial charge is 0.376 e. The van der Waals surface area contributed by atoms with Crippen LogP contribution in [0.1, 0.15) is 13.8 Å². The third-order valence-corrected chi connectivity index (χ3v) is 2.69. The lowest BCUT2D eigenvalue weighted by atomic mass is 10.2. The number of benzene rings is 1. The number of imide groups is 1. The molecule has 0 spiro atoms. The van der Waals surface area contributed by atoms with Crippen LogP contribution in [0.2, 0.25) is 0 Å². The second-order valence-electron chi connectivity index (χ2n) is 4.52. The smallest absolute Gasteiger partial charge is 0.321 e. The molecule has 19 heavy (non-hydrogen) atoms. The van der Waals surface area contributed by atoms with Crippen molar-refractivity contribution in [2.75, 3.05) is 18.4 Å². The van der Waals surface area contributed by atoms with E-state index >= 15 is 0 Å². The van der Waals surface area contributed by atoms with E-state index in [4.69, 9.17) is 0 Å². The molecule has 0 saturated carbocycles. The van der Waals surface area contributed by atoms with Gasteiger partial charge in [-0.1, -0.05) is 35.8 Å². The predicted octanol–water partition coefficient (Wildman–Crippen LogP) is 2.34. The maximum Gasteiger partial charge on any atom is 0.321 e. The normalized spacial score (nSPS) is 10.1. The topological polar surface area (TPSA) is 70.2 Å². The van der Waals surface area contributed by atoms with Crippen LogP contribution >= 0.6 is 15.9 Å². The second-order valence-corrected chi connectivity index (χ2v) is 5.43. The summed E-state index contributed by atoms with van der Waals surface area (Å²) in [6.45, 7) is 4.55. The Kier molecular flexibility index (Phi) is 6.35. The molecule has 3 N–H and O–H groups in total. The van der Waals surface area contributed by atoms with Gasteiger partial charge in [-0.25, -0.2) is 4.79 Å². The minimum absolute atomic E-state index is 0.0472. The zero-order valence-corrected chi connectivity index (χ0v) is 12.6. The average molecular weight is 328 g/mol. The van der Waals surface area contributed by atoms with E-state index in [2.05, 4.69) is 31.9 Å². The molecule has 6 heteroatoms. The first-order valence-electron chi connectivity index (χ1n) is 6.04. The van der Waals surface area contributed by atoms with Gasteiger partial charge in [-0.2, -0.15) is 0 Å². The zero-order chi connectivity index (χ0) is 14.3. The molecule has 0 aromatic heterocycles. The highest BCUT2D eigenvalue weighted by molar-refractivity contribution is 9.10. The summed E-state index contributed by atoms with van der Waals surface area (Å²) in [6, 6.07) is 6.99. The van der Waals surface area contributed by atoms with E-state index in [1.54, 1.807) is 0 Å². The van der Waals surface area contributed by atoms with Gasteiger partial charge in [0.2, 0.25) is 5.91 Å². The highest BCUT2D eigenvalue weighted by Gasteiger charge is 2.07. The Morgan fingerprint density at radius 1 is 1.32 bits per heavy atom. The Morgan fingerprint density at radius 2 is 2.05 bits per heavy atom. The molecule has 0 aliphatic carbocycles. The maximum atomic E-state index is 11.5. The van der Waals surface area contributed by atoms with Crippen molar-refractivity contribution in [2.45, 2.75) is 13.8 Å². The molecule has 0 atom stereocenters. The minimum atomic E-state index is -0.463. The van der Waals surface area contributed by atoms with Crippen molar-refractivity contribution in [2.24, 2.45) is 5.92 Å². The lowest BCUT2D eigenvalue weighted by Crippen LogP contribution is -2.43. The summed E-state index contributed by atoms with van der Waals surface area (Å²) in [5.41, 5.74) is 0.812. The van der Waals surface area contributed by atoms with Crippen molar-refractivity contribution in [3.05, 3.63) is 28.7 Å². The fourth-order valence-electron chi connectivity index (χ4n) is 1.29. The number of amides is 3. The van der Waals surface area contributed by atoms with E-state index in [-0.39, 0.29) is 12.5 Å². The summed E-state index contributed by atoms with van der Waals surface area (Å²) < 4.78 is 0.924. The molecule has 0 heterocycles. The number of anilines is 1. The number of carbonyl (C=O) groups excluding carboxylic acids is 2. The summed E-state index contributed by atoms with van der Waals surface area (Å²) in [7, 11) is 0. The Hall–Kier alpha value is -1.56. The molecule has 5 nitrogen and oxygen atoms in total. The Morgan fingerprint density at radius 3 is 2.68 bits per heavy atom. The Bertz CT molecular complexity index is 449. The number of urea groups is 1. The molecule has 0 aliphatic rings. The van der Waals surface area contributed by atoms with Crippen molar-refractivity contribution < 1.29 is 9.59 Å². The van der Waals surface area contributed by atoms with Gasteiger partial charge in [-0.15, -0.1) is 0 Å². The Labute approximate surface area is 121 Å². The fourth-order valence-corrected chi connectivity index (χ4v) is 1.69. The van der Waals surface area contributed by atoms with Crippen LogP contribution < -0.4 is 16.0 Å². The third-order valence-electron chi connectivity index (χ3n) is 2.20. The standard InChI is InChI=1S/C13H18BrN3O2/c1-9(2)7-16-13(19)17-12(18)8-15-11-5-3-4-10(14)6-11/h3-6,9,15H,7-8H2,1-2H3,(H2,16,17,18,19). The van der Waals surface area contributed by atoms with Crippen molar-refractivity contribution in [1.29, 1.82) is 0 Å². The summed E-state index contributed by atoms with van der Waals surface area (Å²) in [6.07, 6.45) is 0. The predicted molar refractivity (Wildman–Crippen MR) is 79.0 cm³/mol. The molecule has 0 fully saturated rings. The van der Waals surface area contributed by atoms with E-state index in [9.17, 15) is 9.59 Å². The van der Waals surface area contributed by atoms with Gasteiger partial charge in [-0.3, -0.25) is 10.1 Å². The first-order valence-corrected chi connectivity index (χ1v) is 6.84. The summed E-state index contributed by atoms with van der Waals surface area (Å²) in [4.78, 5) is 22.9. The van der Waals surface area contributed by atoms with Crippen LogP contribution in [0.25, 0.3) is 0 Å². The molecular weight excluding hydrogens is 310 g/mol. The first-order chi connectivity index (χ1) is 8.97. The van der Waals surface area contributed by atoms with Crippen LogP contribution in [0.3, 0.4) is 0 Å². The van der Waals surface area contributed by atoms with Crippen molar-refractivity contribution in [3.8, 4) is 0 Å². The molecule has 1 aromatic carbocycles. The third kappa shape index (κ3) is 6.81. The molecule has 0 unspecified atom stereocenters. The second kappa shape index (κ2) is 7.78. The number of carbonyl (C=O) groups is 2. The molecule has 104 valence electrons. The van der Waals surface area contributed by atoms with Crippen LogP contribution in [0, 0.1) is 5.92 Å². The lowest BCUT2D eigenvalue weighted by Gasteiger charge is -2.09. The number of hydrogen-bond acceptors (Lipinski definition) is 3. The zero-order valence-electron chi connectivity index (χ0n) is 11.0. The quantitative estimate of drug-likeness (QED) is 0.777. The molecule has 0 bridgehead atoms. The highest BCUT2D eigenvalue weighted by atomic mass is 79.9. The first kappa shape index (κ1) is 15.5. The molecule has 3 amide bonds. The average Bonchev–Trinajstić information content (AvgIpc) is 2.34. The summed E-state index contributed by atoms with van der Waals surface area (Å²) in [5.74, 6) is -0.0260. The number of halogens is 1. The van der Waals surface area contributed by atoms with Crippen molar-refractivity contribution >= 4 is 33.6 Å². The van der Waals surface area contributed by atoms with Crippen LogP contribution in [-0.4, -0.2) is 25.0 Å². The van der Waals surface area contributed by atoms with Gasteiger partial charge in [0.05, 0.1) is 6.54 Å². The van der Waals surface area contributed by atoms with Gasteiger partial charge in [0.15, 0.2) is 0 Å². The molecule has 0 aliphatic heterocycles. The van der Waals surface area contributed by atoms with Crippen LogP contribution in [0.5, 0.6) is 0 Å².